The third-order valence-corrected chi connectivity index (χ3v) is 4.41. The van der Waals surface area contributed by atoms with E-state index in [4.69, 9.17) is 0 Å². The van der Waals surface area contributed by atoms with E-state index in [-0.39, 0.29) is 5.56 Å². The Labute approximate surface area is 126 Å². The molecule has 0 spiro atoms. The van der Waals surface area contributed by atoms with Crippen LogP contribution in [0, 0.1) is 13.8 Å². The van der Waals surface area contributed by atoms with Gasteiger partial charge in [-0.1, -0.05) is 23.9 Å². The Balaban J connectivity index is 2.36. The van der Waals surface area contributed by atoms with Crippen molar-refractivity contribution in [2.45, 2.75) is 19.0 Å². The molecule has 0 radical (unpaired) electrons. The third-order valence-electron chi connectivity index (χ3n) is 3.77. The Kier molecular flexibility index (Phi) is 3.33. The molecule has 5 nitrogen and oxygen atoms in total. The van der Waals surface area contributed by atoms with Gasteiger partial charge in [-0.25, -0.2) is 0 Å². The van der Waals surface area contributed by atoms with Crippen LogP contribution in [-0.2, 0) is 7.05 Å². The molecule has 3 rings (SSSR count). The van der Waals surface area contributed by atoms with E-state index in [1.807, 2.05) is 48.9 Å². The summed E-state index contributed by atoms with van der Waals surface area (Å²) in [7, 11) is 1.80. The van der Waals surface area contributed by atoms with Gasteiger partial charge in [0.15, 0.2) is 0 Å². The van der Waals surface area contributed by atoms with Gasteiger partial charge >= 0.3 is 16.4 Å². The fourth-order valence-corrected chi connectivity index (χ4v) is 3.03. The van der Waals surface area contributed by atoms with Crippen molar-refractivity contribution in [2.75, 3.05) is 6.26 Å². The van der Waals surface area contributed by atoms with Crippen LogP contribution in [-0.4, -0.2) is 20.6 Å². The predicted molar refractivity (Wildman–Crippen MR) is 83.2 cm³/mol. The Morgan fingerprint density at radius 1 is 1.29 bits per heavy atom. The standard InChI is InChI=1S/C15H17N4OS/c1-10-6-5-7-12(11(10)2)18-8-9-19-13(14(18)20)17(3)16-15(19)21-4/h5-9H,1-4H3/q+1. The molecule has 0 saturated carbocycles. The van der Waals surface area contributed by atoms with E-state index in [1.54, 1.807) is 22.5 Å². The second-order valence-electron chi connectivity index (χ2n) is 5.00. The number of aromatic nitrogens is 4. The topological polar surface area (TPSA) is 43.9 Å². The first-order chi connectivity index (χ1) is 10.0. The van der Waals surface area contributed by atoms with Crippen LogP contribution in [0.2, 0.25) is 0 Å². The molecule has 0 atom stereocenters. The number of hydrogen-bond acceptors (Lipinski definition) is 3. The smallest absolute Gasteiger partial charge is 0.275 e. The zero-order chi connectivity index (χ0) is 15.1. The normalized spacial score (nSPS) is 11.2. The summed E-state index contributed by atoms with van der Waals surface area (Å²) in [5.41, 5.74) is 3.68. The van der Waals surface area contributed by atoms with Crippen molar-refractivity contribution < 1.29 is 4.40 Å². The molecular weight excluding hydrogens is 284 g/mol. The Morgan fingerprint density at radius 2 is 2.05 bits per heavy atom. The highest BCUT2D eigenvalue weighted by Gasteiger charge is 2.21. The van der Waals surface area contributed by atoms with Gasteiger partial charge < -0.3 is 0 Å². The maximum Gasteiger partial charge on any atom is 0.341 e. The molecule has 3 aromatic rings. The van der Waals surface area contributed by atoms with Crippen molar-refractivity contribution in [1.82, 2.24) is 14.3 Å². The van der Waals surface area contributed by atoms with Crippen molar-refractivity contribution in [3.05, 3.63) is 52.1 Å². The molecular formula is C15H17N4OS+. The minimum absolute atomic E-state index is 0.0681. The van der Waals surface area contributed by atoms with E-state index < -0.39 is 0 Å². The van der Waals surface area contributed by atoms with E-state index in [2.05, 4.69) is 5.10 Å². The van der Waals surface area contributed by atoms with E-state index in [9.17, 15) is 4.79 Å². The minimum atomic E-state index is -0.0681. The lowest BCUT2D eigenvalue weighted by molar-refractivity contribution is -0.557. The summed E-state index contributed by atoms with van der Waals surface area (Å²) in [6.45, 7) is 4.08. The van der Waals surface area contributed by atoms with E-state index >= 15 is 0 Å². The lowest BCUT2D eigenvalue weighted by Gasteiger charge is -2.10. The SMILES string of the molecule is CSc1nn(C)c2c(=O)n(-c3cccc(C)c3C)cc[n+]12. The molecule has 0 aliphatic heterocycles. The number of rotatable bonds is 2. The Morgan fingerprint density at radius 3 is 2.76 bits per heavy atom. The number of thioether (sulfide) groups is 1. The highest BCUT2D eigenvalue weighted by atomic mass is 32.2. The van der Waals surface area contributed by atoms with Gasteiger partial charge in [0.05, 0.1) is 24.0 Å². The van der Waals surface area contributed by atoms with Crippen LogP contribution in [0.15, 0.2) is 40.5 Å². The number of nitrogens with zero attached hydrogens (tertiary/aromatic N) is 4. The van der Waals surface area contributed by atoms with Crippen LogP contribution in [0.5, 0.6) is 0 Å². The lowest BCUT2D eigenvalue weighted by atomic mass is 10.1. The molecule has 0 bridgehead atoms. The fraction of sp³-hybridized carbons (Fsp3) is 0.267. The van der Waals surface area contributed by atoms with Crippen LogP contribution >= 0.6 is 11.8 Å². The second-order valence-corrected chi connectivity index (χ2v) is 5.77. The van der Waals surface area contributed by atoms with Crippen LogP contribution in [0.4, 0.5) is 0 Å². The van der Waals surface area contributed by atoms with Crippen molar-refractivity contribution in [3.8, 4) is 5.69 Å². The first kappa shape index (κ1) is 13.9. The first-order valence-corrected chi connectivity index (χ1v) is 7.87. The first-order valence-electron chi connectivity index (χ1n) is 6.65. The van der Waals surface area contributed by atoms with Gasteiger partial charge in [0.25, 0.3) is 0 Å². The van der Waals surface area contributed by atoms with Gasteiger partial charge in [-0.15, -0.1) is 4.68 Å². The zero-order valence-corrected chi connectivity index (χ0v) is 13.3. The third kappa shape index (κ3) is 2.06. The van der Waals surface area contributed by atoms with Crippen molar-refractivity contribution in [3.63, 3.8) is 0 Å². The zero-order valence-electron chi connectivity index (χ0n) is 12.5. The fourth-order valence-electron chi connectivity index (χ4n) is 2.48. The highest BCUT2D eigenvalue weighted by molar-refractivity contribution is 7.98. The van der Waals surface area contributed by atoms with Crippen LogP contribution in [0.3, 0.4) is 0 Å². The molecule has 6 heteroatoms. The average molecular weight is 301 g/mol. The van der Waals surface area contributed by atoms with E-state index in [0.717, 1.165) is 16.4 Å². The van der Waals surface area contributed by atoms with Gasteiger partial charge in [0, 0.05) is 6.20 Å². The predicted octanol–water partition coefficient (Wildman–Crippen LogP) is 1.65. The molecule has 0 aliphatic carbocycles. The van der Waals surface area contributed by atoms with Gasteiger partial charge in [-0.3, -0.25) is 9.36 Å². The van der Waals surface area contributed by atoms with Gasteiger partial charge in [-0.2, -0.15) is 4.40 Å². The highest BCUT2D eigenvalue weighted by Crippen LogP contribution is 2.16. The summed E-state index contributed by atoms with van der Waals surface area (Å²) >= 11 is 1.52. The Bertz CT molecular complexity index is 895. The molecule has 21 heavy (non-hydrogen) atoms. The molecule has 0 aliphatic rings. The molecule has 0 fully saturated rings. The van der Waals surface area contributed by atoms with Crippen LogP contribution in [0.25, 0.3) is 11.3 Å². The van der Waals surface area contributed by atoms with Crippen molar-refractivity contribution in [2.24, 2.45) is 7.05 Å². The maximum absolute atomic E-state index is 12.8. The van der Waals surface area contributed by atoms with E-state index in [0.29, 0.717) is 5.65 Å². The average Bonchev–Trinajstić information content (AvgIpc) is 2.80. The molecule has 1 aromatic carbocycles. The monoisotopic (exact) mass is 301 g/mol. The van der Waals surface area contributed by atoms with Crippen LogP contribution < -0.4 is 9.96 Å². The second kappa shape index (κ2) is 5.04. The summed E-state index contributed by atoms with van der Waals surface area (Å²) in [6, 6.07) is 5.98. The quantitative estimate of drug-likeness (QED) is 0.534. The minimum Gasteiger partial charge on any atom is -0.275 e. The Hall–Kier alpha value is -2.08. The van der Waals surface area contributed by atoms with Gasteiger partial charge in [0.1, 0.15) is 0 Å². The van der Waals surface area contributed by atoms with Gasteiger partial charge in [-0.05, 0) is 37.3 Å². The number of aryl methyl sites for hydroxylation is 2. The summed E-state index contributed by atoms with van der Waals surface area (Å²) in [6.07, 6.45) is 5.64. The summed E-state index contributed by atoms with van der Waals surface area (Å²) < 4.78 is 5.15. The summed E-state index contributed by atoms with van der Waals surface area (Å²) in [4.78, 5) is 12.8. The molecule has 2 aromatic heterocycles. The number of benzene rings is 1. The molecule has 108 valence electrons. The summed E-state index contributed by atoms with van der Waals surface area (Å²) in [5.74, 6) is 0. The maximum atomic E-state index is 12.8. The van der Waals surface area contributed by atoms with Crippen LogP contribution in [0.1, 0.15) is 11.1 Å². The molecule has 0 saturated heterocycles. The molecule has 0 N–H and O–H groups in total. The molecule has 2 heterocycles. The van der Waals surface area contributed by atoms with Gasteiger partial charge in [0.2, 0.25) is 0 Å². The summed E-state index contributed by atoms with van der Waals surface area (Å²) in [5, 5.41) is 5.18. The largest absolute Gasteiger partial charge is 0.341 e. The van der Waals surface area contributed by atoms with Crippen molar-refractivity contribution in [1.29, 1.82) is 0 Å². The van der Waals surface area contributed by atoms with Crippen molar-refractivity contribution >= 4 is 17.4 Å². The van der Waals surface area contributed by atoms with E-state index in [1.165, 1.54) is 17.3 Å². The lowest BCUT2D eigenvalue weighted by Crippen LogP contribution is -2.34. The number of fused-ring (bicyclic) bond motifs is 1. The molecule has 0 unspecified atom stereocenters. The number of hydrogen-bond donors (Lipinski definition) is 0. The molecule has 0 amide bonds.